The van der Waals surface area contributed by atoms with Crippen molar-refractivity contribution in [1.29, 1.82) is 0 Å². The standard InChI is InChI=1S/C25H27N6O4/c26-24-22-20(13-27-28-24)31(17-5-4-12-30(14-17)25(34)21(33)15-32)29-23(22)16-8-10-19(11-9-16)35-18-6-2-1-3-7-18/h1-3,6-11,13,17,21,23,32-33H,4-5,12,14-15H2,(H2,26,28)/q+1/t17-,21?,23+/m1/s1. The van der Waals surface area contributed by atoms with Crippen molar-refractivity contribution in [3.05, 3.63) is 71.9 Å². The van der Waals surface area contributed by atoms with E-state index in [1.165, 1.54) is 0 Å². The van der Waals surface area contributed by atoms with Gasteiger partial charge in [-0.2, -0.15) is 0 Å². The number of aliphatic hydroxyl groups excluding tert-OH is 2. The van der Waals surface area contributed by atoms with Gasteiger partial charge in [-0.1, -0.05) is 35.0 Å². The number of nitrogen functional groups attached to an aromatic ring is 1. The minimum atomic E-state index is -1.41. The van der Waals surface area contributed by atoms with Crippen molar-refractivity contribution >= 4 is 17.4 Å². The Morgan fingerprint density at radius 1 is 1.17 bits per heavy atom. The molecule has 180 valence electrons. The number of benzene rings is 2. The second-order valence-corrected chi connectivity index (χ2v) is 8.65. The fourth-order valence-corrected chi connectivity index (χ4v) is 4.62. The second-order valence-electron chi connectivity index (χ2n) is 8.65. The van der Waals surface area contributed by atoms with E-state index in [0.29, 0.717) is 24.7 Å². The van der Waals surface area contributed by atoms with Crippen molar-refractivity contribution in [3.63, 3.8) is 0 Å². The van der Waals surface area contributed by atoms with Gasteiger partial charge in [-0.25, -0.2) is 0 Å². The van der Waals surface area contributed by atoms with Gasteiger partial charge in [-0.15, -0.1) is 10.2 Å². The highest BCUT2D eigenvalue weighted by molar-refractivity contribution is 5.80. The molecule has 1 aromatic heterocycles. The number of aliphatic hydroxyl groups is 2. The molecule has 1 amide bonds. The number of nitrogens with two attached hydrogens (primary N) is 1. The molecule has 4 N–H and O–H groups in total. The van der Waals surface area contributed by atoms with Crippen LogP contribution in [0.1, 0.15) is 30.0 Å². The third-order valence-corrected chi connectivity index (χ3v) is 6.34. The normalized spacial score (nSPS) is 20.2. The minimum Gasteiger partial charge on any atom is -0.457 e. The van der Waals surface area contributed by atoms with Crippen LogP contribution < -0.4 is 10.5 Å². The lowest BCUT2D eigenvalue weighted by atomic mass is 9.99. The topological polar surface area (TPSA) is 137 Å². The Kier molecular flexibility index (Phi) is 6.39. The summed E-state index contributed by atoms with van der Waals surface area (Å²) < 4.78 is 7.78. The molecular formula is C25H27N6O4+. The van der Waals surface area contributed by atoms with E-state index in [9.17, 15) is 15.0 Å². The smallest absolute Gasteiger partial charge is 0.261 e. The molecule has 0 bridgehead atoms. The molecule has 2 aromatic carbocycles. The van der Waals surface area contributed by atoms with Crippen LogP contribution in [0.4, 0.5) is 11.5 Å². The number of amides is 1. The van der Waals surface area contributed by atoms with Gasteiger partial charge >= 0.3 is 0 Å². The van der Waals surface area contributed by atoms with Crippen molar-refractivity contribution in [2.24, 2.45) is 5.11 Å². The molecule has 0 aliphatic carbocycles. The van der Waals surface area contributed by atoms with E-state index in [0.717, 1.165) is 35.4 Å². The van der Waals surface area contributed by atoms with Crippen molar-refractivity contribution < 1.29 is 24.4 Å². The van der Waals surface area contributed by atoms with E-state index in [-0.39, 0.29) is 12.1 Å². The van der Waals surface area contributed by atoms with Crippen molar-refractivity contribution in [1.82, 2.24) is 15.1 Å². The van der Waals surface area contributed by atoms with Crippen molar-refractivity contribution in [3.8, 4) is 11.5 Å². The predicted molar refractivity (Wildman–Crippen MR) is 126 cm³/mol. The number of hydrogen-bond donors (Lipinski definition) is 3. The highest BCUT2D eigenvalue weighted by Gasteiger charge is 2.43. The van der Waals surface area contributed by atoms with Crippen LogP contribution in [0.3, 0.4) is 0 Å². The van der Waals surface area contributed by atoms with E-state index in [1.54, 1.807) is 11.1 Å². The summed E-state index contributed by atoms with van der Waals surface area (Å²) in [6.45, 7) is 0.295. The predicted octanol–water partition coefficient (Wildman–Crippen LogP) is 2.39. The molecule has 3 heterocycles. The van der Waals surface area contributed by atoms with Gasteiger partial charge in [0.15, 0.2) is 18.0 Å². The van der Waals surface area contributed by atoms with Gasteiger partial charge in [-0.3, -0.25) is 4.79 Å². The maximum Gasteiger partial charge on any atom is 0.261 e. The zero-order valence-electron chi connectivity index (χ0n) is 19.1. The van der Waals surface area contributed by atoms with Gasteiger partial charge in [0.25, 0.3) is 11.6 Å². The van der Waals surface area contributed by atoms with Crippen LogP contribution >= 0.6 is 0 Å². The summed E-state index contributed by atoms with van der Waals surface area (Å²) in [7, 11) is 0. The first-order valence-corrected chi connectivity index (χ1v) is 11.6. The summed E-state index contributed by atoms with van der Waals surface area (Å²) in [4.78, 5) is 14.0. The van der Waals surface area contributed by atoms with Crippen molar-refractivity contribution in [2.45, 2.75) is 31.0 Å². The third kappa shape index (κ3) is 4.58. The average molecular weight is 476 g/mol. The number of azo groups is 2. The zero-order chi connectivity index (χ0) is 24.4. The number of likely N-dealkylation sites (tertiary alicyclic amines) is 1. The van der Waals surface area contributed by atoms with E-state index in [2.05, 4.69) is 10.2 Å². The Hall–Kier alpha value is -3.89. The van der Waals surface area contributed by atoms with E-state index < -0.39 is 18.6 Å². The Balaban J connectivity index is 1.42. The Morgan fingerprint density at radius 2 is 1.91 bits per heavy atom. The van der Waals surface area contributed by atoms with Crippen molar-refractivity contribution in [2.75, 3.05) is 25.4 Å². The molecular weight excluding hydrogens is 448 g/mol. The maximum absolute atomic E-state index is 12.5. The molecule has 5 rings (SSSR count). The number of piperidine rings is 1. The molecule has 2 aliphatic rings. The van der Waals surface area contributed by atoms with Gasteiger partial charge in [0.2, 0.25) is 6.04 Å². The first-order chi connectivity index (χ1) is 17.0. The fourth-order valence-electron chi connectivity index (χ4n) is 4.62. The van der Waals surface area contributed by atoms with E-state index in [4.69, 9.17) is 15.6 Å². The number of carbonyl (C=O) groups is 1. The molecule has 3 aromatic rings. The number of para-hydroxylation sites is 1. The van der Waals surface area contributed by atoms with Gasteiger partial charge in [-0.05, 0) is 41.4 Å². The number of carbonyl (C=O) groups excluding carboxylic acids is 1. The van der Waals surface area contributed by atoms with E-state index >= 15 is 0 Å². The SMILES string of the molecule is Nc1nncc2c1[C@H](c1ccc(Oc3ccccc3)cc1)N=[N+]2[C@@H]1CCCN(C(=O)C(O)CO)C1. The lowest BCUT2D eigenvalue weighted by molar-refractivity contribution is -0.552. The lowest BCUT2D eigenvalue weighted by Gasteiger charge is -2.30. The molecule has 0 spiro atoms. The summed E-state index contributed by atoms with van der Waals surface area (Å²) in [5.41, 5.74) is 8.70. The number of anilines is 1. The number of aromatic nitrogens is 2. The van der Waals surface area contributed by atoms with E-state index in [1.807, 2.05) is 59.3 Å². The highest BCUT2D eigenvalue weighted by atomic mass is 16.5. The molecule has 10 nitrogen and oxygen atoms in total. The molecule has 0 radical (unpaired) electrons. The van der Waals surface area contributed by atoms with Crippen LogP contribution in [0.25, 0.3) is 0 Å². The minimum absolute atomic E-state index is 0.119. The van der Waals surface area contributed by atoms with Crippen LogP contribution in [0.5, 0.6) is 11.5 Å². The molecule has 1 saturated heterocycles. The Morgan fingerprint density at radius 3 is 2.66 bits per heavy atom. The number of ether oxygens (including phenoxy) is 1. The summed E-state index contributed by atoms with van der Waals surface area (Å²) >= 11 is 0. The Labute approximate surface area is 202 Å². The molecule has 10 heteroatoms. The maximum atomic E-state index is 12.5. The van der Waals surface area contributed by atoms with Crippen LogP contribution in [0, 0.1) is 0 Å². The average Bonchev–Trinajstić information content (AvgIpc) is 3.30. The first kappa shape index (κ1) is 22.9. The number of rotatable bonds is 6. The zero-order valence-corrected chi connectivity index (χ0v) is 19.1. The van der Waals surface area contributed by atoms with Crippen LogP contribution in [-0.4, -0.2) is 67.8 Å². The van der Waals surface area contributed by atoms with Crippen LogP contribution in [0.15, 0.2) is 65.9 Å². The highest BCUT2D eigenvalue weighted by Crippen LogP contribution is 2.43. The number of nitrogens with zero attached hydrogens (tertiary/aromatic N) is 5. The molecule has 3 atom stereocenters. The van der Waals surface area contributed by atoms with Crippen LogP contribution in [0.2, 0.25) is 0 Å². The third-order valence-electron chi connectivity index (χ3n) is 6.34. The fraction of sp³-hybridized carbons (Fsp3) is 0.320. The summed E-state index contributed by atoms with van der Waals surface area (Å²) in [5, 5.41) is 32.0. The first-order valence-electron chi connectivity index (χ1n) is 11.6. The van der Waals surface area contributed by atoms with Gasteiger partial charge in [0.05, 0.1) is 13.2 Å². The van der Waals surface area contributed by atoms with Gasteiger partial charge < -0.3 is 25.6 Å². The summed E-state index contributed by atoms with van der Waals surface area (Å²) in [6, 6.07) is 16.8. The van der Waals surface area contributed by atoms with Gasteiger partial charge in [0, 0.05) is 13.0 Å². The molecule has 0 saturated carbocycles. The number of hydrogen-bond acceptors (Lipinski definition) is 8. The lowest BCUT2D eigenvalue weighted by Crippen LogP contribution is -2.49. The Bertz CT molecular complexity index is 1230. The van der Waals surface area contributed by atoms with Crippen LogP contribution in [-0.2, 0) is 4.79 Å². The molecule has 35 heavy (non-hydrogen) atoms. The van der Waals surface area contributed by atoms with Gasteiger partial charge in [0.1, 0.15) is 23.3 Å². The number of fused-ring (bicyclic) bond motifs is 1. The molecule has 1 unspecified atom stereocenters. The largest absolute Gasteiger partial charge is 0.457 e. The second kappa shape index (κ2) is 9.77. The summed E-state index contributed by atoms with van der Waals surface area (Å²) in [6.07, 6.45) is 1.79. The quantitative estimate of drug-likeness (QED) is 0.466. The molecule has 1 fully saturated rings. The summed E-state index contributed by atoms with van der Waals surface area (Å²) in [5.74, 6) is 1.29. The molecule has 2 aliphatic heterocycles. The monoisotopic (exact) mass is 475 g/mol.